The predicted octanol–water partition coefficient (Wildman–Crippen LogP) is 0.994. The van der Waals surface area contributed by atoms with Crippen LogP contribution < -0.4 is 10.2 Å². The normalized spacial score (nSPS) is 23.3. The first-order valence-corrected chi connectivity index (χ1v) is 11.3. The molecule has 0 aromatic carbocycles. The predicted molar refractivity (Wildman–Crippen MR) is 105 cm³/mol. The summed E-state index contributed by atoms with van der Waals surface area (Å²) in [6.45, 7) is 7.18. The lowest BCUT2D eigenvalue weighted by Gasteiger charge is -2.37. The van der Waals surface area contributed by atoms with Crippen molar-refractivity contribution in [3.05, 3.63) is 24.4 Å². The summed E-state index contributed by atoms with van der Waals surface area (Å²) in [7, 11) is -2.84. The maximum atomic E-state index is 11.6. The van der Waals surface area contributed by atoms with E-state index in [2.05, 4.69) is 27.0 Å². The minimum Gasteiger partial charge on any atom is -0.356 e. The smallest absolute Gasteiger partial charge is 0.194 e. The van der Waals surface area contributed by atoms with E-state index in [1.165, 1.54) is 0 Å². The highest BCUT2D eigenvalue weighted by atomic mass is 32.2. The number of anilines is 1. The first kappa shape index (κ1) is 18.9. The number of nitrogens with zero attached hydrogens (tertiary/aromatic N) is 4. The van der Waals surface area contributed by atoms with Crippen LogP contribution in [0.4, 0.5) is 5.82 Å². The molecule has 0 spiro atoms. The van der Waals surface area contributed by atoms with Gasteiger partial charge < -0.3 is 15.1 Å². The molecular formula is C18H29N5O2S. The number of hydrogen-bond donors (Lipinski definition) is 1. The van der Waals surface area contributed by atoms with Gasteiger partial charge >= 0.3 is 0 Å². The van der Waals surface area contributed by atoms with Gasteiger partial charge in [0, 0.05) is 45.5 Å². The van der Waals surface area contributed by atoms with Crippen LogP contribution in [0.15, 0.2) is 29.4 Å². The maximum absolute atomic E-state index is 11.6. The molecule has 26 heavy (non-hydrogen) atoms. The topological polar surface area (TPSA) is 77.9 Å². The average Bonchev–Trinajstić information content (AvgIpc) is 3.02. The van der Waals surface area contributed by atoms with Crippen LogP contribution in [0.3, 0.4) is 0 Å². The van der Waals surface area contributed by atoms with Crippen molar-refractivity contribution in [1.82, 2.24) is 15.2 Å². The molecule has 3 heterocycles. The van der Waals surface area contributed by atoms with E-state index in [0.29, 0.717) is 12.3 Å². The zero-order valence-electron chi connectivity index (χ0n) is 15.5. The zero-order chi connectivity index (χ0) is 18.4. The van der Waals surface area contributed by atoms with Gasteiger partial charge in [0.25, 0.3) is 0 Å². The number of pyridine rings is 1. The lowest BCUT2D eigenvalue weighted by Crippen LogP contribution is -2.53. The standard InChI is InChI=1S/C18H29N5O2S/c1-2-7-20-18(21-14-16-6-13-26(24,25)15-16)23-11-9-22(10-12-23)17-5-3-4-8-19-17/h3-5,8,16H,2,6-7,9-15H2,1H3,(H,20,21). The second kappa shape index (κ2) is 8.70. The molecule has 2 fully saturated rings. The van der Waals surface area contributed by atoms with Crippen LogP contribution in [0.1, 0.15) is 19.8 Å². The van der Waals surface area contributed by atoms with Crippen molar-refractivity contribution >= 4 is 21.6 Å². The molecule has 8 heteroatoms. The van der Waals surface area contributed by atoms with E-state index in [9.17, 15) is 8.42 Å². The number of nitrogens with one attached hydrogen (secondary N) is 1. The monoisotopic (exact) mass is 379 g/mol. The zero-order valence-corrected chi connectivity index (χ0v) is 16.3. The van der Waals surface area contributed by atoms with Crippen molar-refractivity contribution in [2.45, 2.75) is 19.8 Å². The van der Waals surface area contributed by atoms with E-state index in [0.717, 1.165) is 57.3 Å². The molecule has 0 saturated carbocycles. The Balaban J connectivity index is 1.58. The molecule has 0 amide bonds. The highest BCUT2D eigenvalue weighted by Gasteiger charge is 2.28. The lowest BCUT2D eigenvalue weighted by molar-refractivity contribution is 0.369. The number of hydrogen-bond acceptors (Lipinski definition) is 5. The Hall–Kier alpha value is -1.83. The van der Waals surface area contributed by atoms with E-state index in [1.54, 1.807) is 0 Å². The van der Waals surface area contributed by atoms with Crippen LogP contribution in [-0.2, 0) is 9.84 Å². The first-order chi connectivity index (χ1) is 12.6. The summed E-state index contributed by atoms with van der Waals surface area (Å²) in [6.07, 6.45) is 3.60. The lowest BCUT2D eigenvalue weighted by atomic mass is 10.1. The third-order valence-electron chi connectivity index (χ3n) is 4.91. The fourth-order valence-electron chi connectivity index (χ4n) is 3.42. The molecule has 2 aliphatic rings. The molecule has 1 N–H and O–H groups in total. The summed E-state index contributed by atoms with van der Waals surface area (Å²) in [5, 5.41) is 3.43. The summed E-state index contributed by atoms with van der Waals surface area (Å²) < 4.78 is 23.3. The summed E-state index contributed by atoms with van der Waals surface area (Å²) in [5.74, 6) is 2.69. The molecule has 2 aliphatic heterocycles. The van der Waals surface area contributed by atoms with Gasteiger partial charge in [-0.1, -0.05) is 13.0 Å². The van der Waals surface area contributed by atoms with Crippen LogP contribution in [0.5, 0.6) is 0 Å². The molecule has 1 unspecified atom stereocenters. The quantitative estimate of drug-likeness (QED) is 0.607. The molecular weight excluding hydrogens is 350 g/mol. The first-order valence-electron chi connectivity index (χ1n) is 9.47. The Morgan fingerprint density at radius 3 is 2.73 bits per heavy atom. The van der Waals surface area contributed by atoms with E-state index in [4.69, 9.17) is 4.99 Å². The molecule has 1 atom stereocenters. The number of sulfone groups is 1. The second-order valence-corrected chi connectivity index (χ2v) is 9.25. The third-order valence-corrected chi connectivity index (χ3v) is 6.75. The average molecular weight is 380 g/mol. The fourth-order valence-corrected chi connectivity index (χ4v) is 5.27. The summed E-state index contributed by atoms with van der Waals surface area (Å²) in [4.78, 5) is 13.8. The van der Waals surface area contributed by atoms with Crippen LogP contribution in [-0.4, -0.2) is 75.0 Å². The van der Waals surface area contributed by atoms with Gasteiger partial charge in [-0.2, -0.15) is 0 Å². The molecule has 1 aromatic rings. The van der Waals surface area contributed by atoms with Gasteiger partial charge in [0.1, 0.15) is 5.82 Å². The highest BCUT2D eigenvalue weighted by molar-refractivity contribution is 7.91. The largest absolute Gasteiger partial charge is 0.356 e. The number of piperazine rings is 1. The van der Waals surface area contributed by atoms with Crippen LogP contribution in [0.25, 0.3) is 0 Å². The van der Waals surface area contributed by atoms with E-state index < -0.39 is 9.84 Å². The Labute approximate surface area is 156 Å². The van der Waals surface area contributed by atoms with Crippen molar-refractivity contribution in [2.75, 3.05) is 55.7 Å². The van der Waals surface area contributed by atoms with Gasteiger partial charge in [0.15, 0.2) is 15.8 Å². The highest BCUT2D eigenvalue weighted by Crippen LogP contribution is 2.19. The van der Waals surface area contributed by atoms with Gasteiger partial charge in [-0.25, -0.2) is 13.4 Å². The van der Waals surface area contributed by atoms with E-state index in [1.807, 2.05) is 24.4 Å². The Bertz CT molecular complexity index is 700. The van der Waals surface area contributed by atoms with Crippen molar-refractivity contribution < 1.29 is 8.42 Å². The van der Waals surface area contributed by atoms with Crippen molar-refractivity contribution in [3.63, 3.8) is 0 Å². The van der Waals surface area contributed by atoms with E-state index in [-0.39, 0.29) is 11.7 Å². The molecule has 3 rings (SSSR count). The molecule has 144 valence electrons. The minimum absolute atomic E-state index is 0.160. The molecule has 0 aliphatic carbocycles. The third kappa shape index (κ3) is 5.09. The Kier molecular flexibility index (Phi) is 6.34. The van der Waals surface area contributed by atoms with Gasteiger partial charge in [0.2, 0.25) is 0 Å². The van der Waals surface area contributed by atoms with Gasteiger partial charge in [0.05, 0.1) is 11.5 Å². The second-order valence-electron chi connectivity index (χ2n) is 7.02. The van der Waals surface area contributed by atoms with Crippen LogP contribution in [0, 0.1) is 5.92 Å². The molecule has 0 bridgehead atoms. The molecule has 7 nitrogen and oxygen atoms in total. The summed E-state index contributed by atoms with van der Waals surface area (Å²) in [6, 6.07) is 5.99. The number of aliphatic imine (C=N–C) groups is 1. The SMILES string of the molecule is CCCNC(=NCC1CCS(=O)(=O)C1)N1CCN(c2ccccn2)CC1. The molecule has 0 radical (unpaired) electrons. The molecule has 2 saturated heterocycles. The Morgan fingerprint density at radius 2 is 2.12 bits per heavy atom. The van der Waals surface area contributed by atoms with Gasteiger partial charge in [-0.3, -0.25) is 4.99 Å². The fraction of sp³-hybridized carbons (Fsp3) is 0.667. The van der Waals surface area contributed by atoms with Gasteiger partial charge in [-0.05, 0) is 30.9 Å². The number of rotatable bonds is 5. The minimum atomic E-state index is -2.84. The maximum Gasteiger partial charge on any atom is 0.194 e. The van der Waals surface area contributed by atoms with Crippen molar-refractivity contribution in [2.24, 2.45) is 10.9 Å². The number of aromatic nitrogens is 1. The van der Waals surface area contributed by atoms with E-state index >= 15 is 0 Å². The van der Waals surface area contributed by atoms with Crippen LogP contribution in [0.2, 0.25) is 0 Å². The van der Waals surface area contributed by atoms with Crippen molar-refractivity contribution in [3.8, 4) is 0 Å². The Morgan fingerprint density at radius 1 is 1.31 bits per heavy atom. The van der Waals surface area contributed by atoms with Crippen LogP contribution >= 0.6 is 0 Å². The molecule has 1 aromatic heterocycles. The van der Waals surface area contributed by atoms with Gasteiger partial charge in [-0.15, -0.1) is 0 Å². The number of guanidine groups is 1. The summed E-state index contributed by atoms with van der Waals surface area (Å²) in [5.41, 5.74) is 0. The summed E-state index contributed by atoms with van der Waals surface area (Å²) >= 11 is 0. The van der Waals surface area contributed by atoms with Crippen molar-refractivity contribution in [1.29, 1.82) is 0 Å².